The van der Waals surface area contributed by atoms with E-state index in [0.29, 0.717) is 0 Å². The van der Waals surface area contributed by atoms with Crippen LogP contribution in [-0.4, -0.2) is 0 Å². The molecule has 190 valence electrons. The molecule has 0 heterocycles. The van der Waals surface area contributed by atoms with Gasteiger partial charge in [-0.1, -0.05) is 153 Å². The number of benzene rings is 7. The first-order valence-electron chi connectivity index (χ1n) is 13.9. The molecule has 0 saturated heterocycles. The average Bonchev–Trinajstić information content (AvgIpc) is 3.02. The van der Waals surface area contributed by atoms with Crippen LogP contribution in [0.5, 0.6) is 0 Å². The molecule has 7 aromatic rings. The molecule has 0 aliphatic carbocycles. The quantitative estimate of drug-likeness (QED) is 0.211. The van der Waals surface area contributed by atoms with Gasteiger partial charge in [0, 0.05) is 1.43 Å². The maximum atomic E-state index is 2.31. The minimum Gasteiger partial charge on any atom is -0.0683 e. The van der Waals surface area contributed by atoms with Crippen LogP contribution in [0.25, 0.3) is 65.7 Å². The van der Waals surface area contributed by atoms with Crippen LogP contribution in [0.2, 0.25) is 0 Å². The number of aryl methyl sites for hydroxylation is 1. The molecule has 0 fully saturated rings. The zero-order valence-electron chi connectivity index (χ0n) is 22.8. The standard InChI is InChI=1S/C37H26.C2H6.H2/c1-25-19-24-35(30-14-6-5-13-29(25)30)37-33-17-9-7-15-31(33)36(32-16-8-10-18-34(32)37)28-22-20-27(21-23-28)26-11-3-2-4-12-26;1-2;/h2-24H,1H3;1-2H3;1H. The van der Waals surface area contributed by atoms with Gasteiger partial charge in [-0.2, -0.15) is 0 Å². The van der Waals surface area contributed by atoms with E-state index in [-0.39, 0.29) is 1.43 Å². The van der Waals surface area contributed by atoms with Crippen molar-refractivity contribution in [2.24, 2.45) is 0 Å². The van der Waals surface area contributed by atoms with E-state index in [2.05, 4.69) is 146 Å². The first kappa shape index (κ1) is 24.6. The van der Waals surface area contributed by atoms with E-state index in [0.717, 1.165) is 0 Å². The normalized spacial score (nSPS) is 10.9. The highest BCUT2D eigenvalue weighted by Gasteiger charge is 2.18. The summed E-state index contributed by atoms with van der Waals surface area (Å²) in [5, 5.41) is 7.77. The van der Waals surface area contributed by atoms with Gasteiger partial charge in [0.05, 0.1) is 0 Å². The zero-order valence-corrected chi connectivity index (χ0v) is 22.8. The molecule has 0 aromatic heterocycles. The third-order valence-electron chi connectivity index (χ3n) is 7.62. The lowest BCUT2D eigenvalue weighted by Crippen LogP contribution is -1.92. The molecule has 0 spiro atoms. The van der Waals surface area contributed by atoms with Gasteiger partial charge in [0.1, 0.15) is 0 Å². The van der Waals surface area contributed by atoms with Gasteiger partial charge in [-0.25, -0.2) is 0 Å². The Kier molecular flexibility index (Phi) is 6.69. The molecule has 0 nitrogen and oxygen atoms in total. The van der Waals surface area contributed by atoms with Crippen molar-refractivity contribution in [1.29, 1.82) is 0 Å². The van der Waals surface area contributed by atoms with Crippen LogP contribution >= 0.6 is 0 Å². The van der Waals surface area contributed by atoms with Crippen LogP contribution in [-0.2, 0) is 0 Å². The van der Waals surface area contributed by atoms with Crippen molar-refractivity contribution in [3.8, 4) is 33.4 Å². The van der Waals surface area contributed by atoms with E-state index < -0.39 is 0 Å². The number of rotatable bonds is 3. The maximum Gasteiger partial charge on any atom is 0 e. The summed E-state index contributed by atoms with van der Waals surface area (Å²) in [6.45, 7) is 6.20. The summed E-state index contributed by atoms with van der Waals surface area (Å²) in [4.78, 5) is 0. The Morgan fingerprint density at radius 3 is 1.31 bits per heavy atom. The third kappa shape index (κ3) is 4.29. The average molecular weight is 503 g/mol. The summed E-state index contributed by atoms with van der Waals surface area (Å²) in [5.41, 5.74) is 8.93. The second-order valence-corrected chi connectivity index (χ2v) is 9.76. The predicted octanol–water partition coefficient (Wildman–Crippen LogP) is 11.7. The van der Waals surface area contributed by atoms with Gasteiger partial charge in [0.15, 0.2) is 0 Å². The first-order valence-corrected chi connectivity index (χ1v) is 13.9. The third-order valence-corrected chi connectivity index (χ3v) is 7.62. The molecule has 0 heteroatoms. The van der Waals surface area contributed by atoms with Gasteiger partial charge in [0.25, 0.3) is 0 Å². The van der Waals surface area contributed by atoms with Gasteiger partial charge in [-0.3, -0.25) is 0 Å². The summed E-state index contributed by atoms with van der Waals surface area (Å²) in [5.74, 6) is 0. The van der Waals surface area contributed by atoms with Crippen LogP contribution in [0.3, 0.4) is 0 Å². The van der Waals surface area contributed by atoms with E-state index in [1.807, 2.05) is 13.8 Å². The highest BCUT2D eigenvalue weighted by Crippen LogP contribution is 2.45. The molecule has 0 bridgehead atoms. The van der Waals surface area contributed by atoms with Gasteiger partial charge >= 0.3 is 0 Å². The fraction of sp³-hybridized carbons (Fsp3) is 0.0769. The minimum absolute atomic E-state index is 0. The number of fused-ring (bicyclic) bond motifs is 3. The van der Waals surface area contributed by atoms with E-state index in [1.165, 1.54) is 71.3 Å². The zero-order chi connectivity index (χ0) is 26.8. The Morgan fingerprint density at radius 2 is 0.744 bits per heavy atom. The smallest absolute Gasteiger partial charge is 0 e. The fourth-order valence-electron chi connectivity index (χ4n) is 5.86. The largest absolute Gasteiger partial charge is 0.0683 e. The summed E-state index contributed by atoms with van der Waals surface area (Å²) in [7, 11) is 0. The number of hydrogen-bond donors (Lipinski definition) is 0. The Hall–Kier alpha value is -4.68. The molecule has 0 unspecified atom stereocenters. The summed E-state index contributed by atoms with van der Waals surface area (Å²) in [6.07, 6.45) is 0. The Labute approximate surface area is 232 Å². The maximum absolute atomic E-state index is 2.31. The first-order chi connectivity index (χ1) is 19.3. The summed E-state index contributed by atoms with van der Waals surface area (Å²) in [6, 6.07) is 50.8. The van der Waals surface area contributed by atoms with Crippen molar-refractivity contribution in [1.82, 2.24) is 0 Å². The van der Waals surface area contributed by atoms with Crippen molar-refractivity contribution in [2.45, 2.75) is 20.8 Å². The van der Waals surface area contributed by atoms with Crippen LogP contribution < -0.4 is 0 Å². The summed E-state index contributed by atoms with van der Waals surface area (Å²) < 4.78 is 0. The highest BCUT2D eigenvalue weighted by atomic mass is 14.2. The molecule has 0 N–H and O–H groups in total. The Morgan fingerprint density at radius 1 is 0.333 bits per heavy atom. The molecule has 0 aliphatic heterocycles. The highest BCUT2D eigenvalue weighted by molar-refractivity contribution is 6.23. The lowest BCUT2D eigenvalue weighted by atomic mass is 9.84. The van der Waals surface area contributed by atoms with Crippen molar-refractivity contribution in [2.75, 3.05) is 0 Å². The molecule has 0 atom stereocenters. The second-order valence-electron chi connectivity index (χ2n) is 9.76. The van der Waals surface area contributed by atoms with Crippen molar-refractivity contribution in [3.63, 3.8) is 0 Å². The summed E-state index contributed by atoms with van der Waals surface area (Å²) >= 11 is 0. The molecule has 0 saturated carbocycles. The van der Waals surface area contributed by atoms with Crippen LogP contribution in [0.1, 0.15) is 20.8 Å². The lowest BCUT2D eigenvalue weighted by Gasteiger charge is -2.19. The van der Waals surface area contributed by atoms with Gasteiger partial charge in [-0.15, -0.1) is 0 Å². The van der Waals surface area contributed by atoms with Gasteiger partial charge in [0.2, 0.25) is 0 Å². The van der Waals surface area contributed by atoms with Crippen LogP contribution in [0.15, 0.2) is 140 Å². The van der Waals surface area contributed by atoms with Crippen molar-refractivity contribution < 1.29 is 1.43 Å². The van der Waals surface area contributed by atoms with Gasteiger partial charge < -0.3 is 0 Å². The monoisotopic (exact) mass is 502 g/mol. The molecule has 0 radical (unpaired) electrons. The molecule has 7 aromatic carbocycles. The van der Waals surface area contributed by atoms with E-state index in [4.69, 9.17) is 0 Å². The fourth-order valence-corrected chi connectivity index (χ4v) is 5.86. The van der Waals surface area contributed by atoms with Crippen molar-refractivity contribution >= 4 is 32.3 Å². The predicted molar refractivity (Wildman–Crippen MR) is 173 cm³/mol. The second kappa shape index (κ2) is 10.6. The minimum atomic E-state index is 0. The molecule has 7 rings (SSSR count). The number of hydrogen-bond acceptors (Lipinski definition) is 0. The van der Waals surface area contributed by atoms with Crippen LogP contribution in [0, 0.1) is 6.92 Å². The topological polar surface area (TPSA) is 0 Å². The SMILES string of the molecule is CC.Cc1ccc(-c2c3ccccc3c(-c3ccc(-c4ccccc4)cc3)c3ccccc23)c2ccccc12.[HH]. The van der Waals surface area contributed by atoms with Crippen LogP contribution in [0.4, 0.5) is 0 Å². The lowest BCUT2D eigenvalue weighted by molar-refractivity contribution is 1.50. The molecule has 0 amide bonds. The van der Waals surface area contributed by atoms with E-state index >= 15 is 0 Å². The molecular formula is C39H34. The van der Waals surface area contributed by atoms with Crippen molar-refractivity contribution in [3.05, 3.63) is 145 Å². The Bertz CT molecular complexity index is 1860. The molecular weight excluding hydrogens is 468 g/mol. The van der Waals surface area contributed by atoms with E-state index in [9.17, 15) is 0 Å². The Balaban J connectivity index is 0.00000105. The van der Waals surface area contributed by atoms with E-state index in [1.54, 1.807) is 0 Å². The van der Waals surface area contributed by atoms with Gasteiger partial charge in [-0.05, 0) is 78.2 Å². The molecule has 39 heavy (non-hydrogen) atoms. The molecule has 0 aliphatic rings.